The second-order valence-electron chi connectivity index (χ2n) is 7.28. The Balaban J connectivity index is 1.88. The van der Waals surface area contributed by atoms with Crippen molar-refractivity contribution in [1.82, 2.24) is 10.2 Å². The first-order valence-corrected chi connectivity index (χ1v) is 10.1. The number of hydrogen-bond acceptors (Lipinski definition) is 2. The second kappa shape index (κ2) is 12.0. The fraction of sp³-hybridized carbons (Fsp3) is 0.900. The minimum absolute atomic E-state index is 0.801. The van der Waals surface area contributed by atoms with Crippen molar-refractivity contribution in [2.75, 3.05) is 19.6 Å². The molecule has 0 bridgehead atoms. The third-order valence-electron chi connectivity index (χ3n) is 5.33. The van der Waals surface area contributed by atoms with Gasteiger partial charge in [-0.05, 0) is 57.8 Å². The molecule has 0 amide bonds. The lowest BCUT2D eigenvalue weighted by Crippen LogP contribution is -2.33. The van der Waals surface area contributed by atoms with Crippen LogP contribution in [0.15, 0.2) is 12.3 Å². The van der Waals surface area contributed by atoms with Gasteiger partial charge in [0.25, 0.3) is 0 Å². The summed E-state index contributed by atoms with van der Waals surface area (Å²) in [6.45, 7) is 3.64. The van der Waals surface area contributed by atoms with E-state index in [0.717, 1.165) is 6.04 Å². The van der Waals surface area contributed by atoms with Crippen LogP contribution in [0.1, 0.15) is 89.9 Å². The number of nitrogens with zero attached hydrogens (tertiary/aromatic N) is 1. The van der Waals surface area contributed by atoms with Crippen LogP contribution in [0.25, 0.3) is 0 Å². The summed E-state index contributed by atoms with van der Waals surface area (Å²) < 4.78 is 0. The Morgan fingerprint density at radius 3 is 2.05 bits per heavy atom. The van der Waals surface area contributed by atoms with Crippen molar-refractivity contribution in [2.24, 2.45) is 0 Å². The lowest BCUT2D eigenvalue weighted by atomic mass is 10.0. The highest BCUT2D eigenvalue weighted by molar-refractivity contribution is 4.88. The molecule has 0 aromatic heterocycles. The summed E-state index contributed by atoms with van der Waals surface area (Å²) in [6.07, 6.45) is 24.6. The molecule has 1 N–H and O–H groups in total. The predicted molar refractivity (Wildman–Crippen MR) is 97.1 cm³/mol. The summed E-state index contributed by atoms with van der Waals surface area (Å²) >= 11 is 0. The van der Waals surface area contributed by atoms with Crippen molar-refractivity contribution in [3.8, 4) is 0 Å². The van der Waals surface area contributed by atoms with Crippen molar-refractivity contribution in [1.29, 1.82) is 0 Å². The Bertz CT molecular complexity index is 275. The number of allylic oxidation sites excluding steroid dienone is 1. The van der Waals surface area contributed by atoms with E-state index >= 15 is 0 Å². The van der Waals surface area contributed by atoms with Crippen LogP contribution in [0.4, 0.5) is 0 Å². The molecule has 0 saturated heterocycles. The van der Waals surface area contributed by atoms with Gasteiger partial charge in [0, 0.05) is 12.6 Å². The first-order valence-electron chi connectivity index (χ1n) is 10.1. The molecule has 0 atom stereocenters. The molecular formula is C20H38N2. The molecule has 1 aliphatic carbocycles. The van der Waals surface area contributed by atoms with Gasteiger partial charge >= 0.3 is 0 Å². The molecule has 1 aliphatic heterocycles. The van der Waals surface area contributed by atoms with Crippen molar-refractivity contribution in [3.63, 3.8) is 0 Å². The SMILES string of the molecule is C1=C\N(C2CCCCCCCCCC2)CCCNCCCC/1. The Labute approximate surface area is 138 Å². The quantitative estimate of drug-likeness (QED) is 0.712. The van der Waals surface area contributed by atoms with E-state index in [1.54, 1.807) is 0 Å². The Kier molecular flexibility index (Phi) is 9.73. The number of hydrogen-bond donors (Lipinski definition) is 1. The molecule has 0 radical (unpaired) electrons. The Morgan fingerprint density at radius 1 is 0.682 bits per heavy atom. The molecular weight excluding hydrogens is 268 g/mol. The fourth-order valence-corrected chi connectivity index (χ4v) is 3.91. The van der Waals surface area contributed by atoms with Crippen LogP contribution in [-0.2, 0) is 0 Å². The van der Waals surface area contributed by atoms with Crippen molar-refractivity contribution < 1.29 is 0 Å². The van der Waals surface area contributed by atoms with Gasteiger partial charge in [-0.25, -0.2) is 0 Å². The largest absolute Gasteiger partial charge is 0.375 e. The highest BCUT2D eigenvalue weighted by Gasteiger charge is 2.15. The second-order valence-corrected chi connectivity index (χ2v) is 7.28. The zero-order valence-corrected chi connectivity index (χ0v) is 14.7. The third-order valence-corrected chi connectivity index (χ3v) is 5.33. The molecule has 2 aliphatic rings. The number of rotatable bonds is 1. The topological polar surface area (TPSA) is 15.3 Å². The zero-order chi connectivity index (χ0) is 15.3. The van der Waals surface area contributed by atoms with E-state index in [4.69, 9.17) is 0 Å². The third kappa shape index (κ3) is 7.67. The van der Waals surface area contributed by atoms with E-state index in [-0.39, 0.29) is 0 Å². The van der Waals surface area contributed by atoms with Crippen LogP contribution in [-0.4, -0.2) is 30.6 Å². The summed E-state index contributed by atoms with van der Waals surface area (Å²) in [5, 5.41) is 3.60. The van der Waals surface area contributed by atoms with E-state index in [2.05, 4.69) is 22.5 Å². The maximum Gasteiger partial charge on any atom is 0.0284 e. The van der Waals surface area contributed by atoms with Crippen LogP contribution >= 0.6 is 0 Å². The minimum Gasteiger partial charge on any atom is -0.375 e. The van der Waals surface area contributed by atoms with Crippen LogP contribution in [0.2, 0.25) is 0 Å². The minimum atomic E-state index is 0.801. The van der Waals surface area contributed by atoms with E-state index in [1.165, 1.54) is 110 Å². The summed E-state index contributed by atoms with van der Waals surface area (Å²) in [6, 6.07) is 0.801. The Hall–Kier alpha value is -0.500. The summed E-state index contributed by atoms with van der Waals surface area (Å²) in [4.78, 5) is 2.70. The molecule has 128 valence electrons. The van der Waals surface area contributed by atoms with Gasteiger partial charge in [-0.15, -0.1) is 0 Å². The molecule has 1 fully saturated rings. The monoisotopic (exact) mass is 306 g/mol. The summed E-state index contributed by atoms with van der Waals surface area (Å²) in [5.41, 5.74) is 0. The molecule has 0 spiro atoms. The molecule has 2 heteroatoms. The van der Waals surface area contributed by atoms with E-state index in [1.807, 2.05) is 0 Å². The van der Waals surface area contributed by atoms with Gasteiger partial charge in [0.2, 0.25) is 0 Å². The standard InChI is InChI=1S/C20H38N2/c1-2-4-6-10-15-20(14-9-5-3-1)22-18-12-8-7-11-16-21-17-13-19-22/h12,18,20-21H,1-11,13-17,19H2/b18-12-. The van der Waals surface area contributed by atoms with E-state index < -0.39 is 0 Å². The van der Waals surface area contributed by atoms with Crippen LogP contribution in [0, 0.1) is 0 Å². The van der Waals surface area contributed by atoms with Crippen LogP contribution in [0.3, 0.4) is 0 Å². The molecule has 1 heterocycles. The predicted octanol–water partition coefficient (Wildman–Crippen LogP) is 5.25. The number of nitrogens with one attached hydrogen (secondary N) is 1. The van der Waals surface area contributed by atoms with Crippen LogP contribution < -0.4 is 5.32 Å². The highest BCUT2D eigenvalue weighted by atomic mass is 15.1. The van der Waals surface area contributed by atoms with Crippen molar-refractivity contribution in [3.05, 3.63) is 12.3 Å². The van der Waals surface area contributed by atoms with Gasteiger partial charge in [-0.1, -0.05) is 57.4 Å². The molecule has 1 saturated carbocycles. The van der Waals surface area contributed by atoms with Gasteiger partial charge in [0.05, 0.1) is 0 Å². The van der Waals surface area contributed by atoms with Gasteiger partial charge in [-0.3, -0.25) is 0 Å². The first-order chi connectivity index (χ1) is 11.0. The smallest absolute Gasteiger partial charge is 0.0284 e. The van der Waals surface area contributed by atoms with Gasteiger partial charge < -0.3 is 10.2 Å². The van der Waals surface area contributed by atoms with Gasteiger partial charge in [-0.2, -0.15) is 0 Å². The summed E-state index contributed by atoms with van der Waals surface area (Å²) in [7, 11) is 0. The average molecular weight is 307 g/mol. The lowest BCUT2D eigenvalue weighted by molar-refractivity contribution is 0.236. The molecule has 22 heavy (non-hydrogen) atoms. The normalized spacial score (nSPS) is 26.6. The maximum absolute atomic E-state index is 3.60. The average Bonchev–Trinajstić information content (AvgIpc) is 2.64. The van der Waals surface area contributed by atoms with E-state index in [0.29, 0.717) is 0 Å². The molecule has 2 nitrogen and oxygen atoms in total. The fourth-order valence-electron chi connectivity index (χ4n) is 3.91. The van der Waals surface area contributed by atoms with Gasteiger partial charge in [0.1, 0.15) is 0 Å². The molecule has 0 aromatic rings. The lowest BCUT2D eigenvalue weighted by Gasteiger charge is -2.31. The summed E-state index contributed by atoms with van der Waals surface area (Å²) in [5.74, 6) is 0. The Morgan fingerprint density at radius 2 is 1.32 bits per heavy atom. The van der Waals surface area contributed by atoms with Gasteiger partial charge in [0.15, 0.2) is 0 Å². The van der Waals surface area contributed by atoms with Crippen LogP contribution in [0.5, 0.6) is 0 Å². The molecule has 0 aromatic carbocycles. The molecule has 0 unspecified atom stereocenters. The first kappa shape index (κ1) is 17.8. The molecule has 2 rings (SSSR count). The van der Waals surface area contributed by atoms with Crippen molar-refractivity contribution >= 4 is 0 Å². The van der Waals surface area contributed by atoms with Crippen molar-refractivity contribution in [2.45, 2.75) is 95.9 Å². The highest BCUT2D eigenvalue weighted by Crippen LogP contribution is 2.21. The zero-order valence-electron chi connectivity index (χ0n) is 14.7. The van der Waals surface area contributed by atoms with E-state index in [9.17, 15) is 0 Å². The maximum atomic E-state index is 3.60.